The fourth-order valence-electron chi connectivity index (χ4n) is 2.30. The summed E-state index contributed by atoms with van der Waals surface area (Å²) in [7, 11) is 1.83. The summed E-state index contributed by atoms with van der Waals surface area (Å²) in [4.78, 5) is 23.3. The summed E-state index contributed by atoms with van der Waals surface area (Å²) in [5, 5.41) is 18.3. The number of hydrogen-bond donors (Lipinski definition) is 3. The van der Waals surface area contributed by atoms with E-state index in [0.29, 0.717) is 17.6 Å². The highest BCUT2D eigenvalue weighted by molar-refractivity contribution is 5.65. The van der Waals surface area contributed by atoms with E-state index >= 15 is 0 Å². The Balaban J connectivity index is 1.80. The Hall–Kier alpha value is -3.49. The van der Waals surface area contributed by atoms with Gasteiger partial charge in [-0.05, 0) is 24.1 Å². The molecule has 9 nitrogen and oxygen atoms in total. The van der Waals surface area contributed by atoms with Gasteiger partial charge in [0.2, 0.25) is 5.95 Å². The topological polar surface area (TPSA) is 118 Å². The molecule has 0 spiro atoms. The first-order valence-corrected chi connectivity index (χ1v) is 7.53. The number of hydrogen-bond acceptors (Lipinski definition) is 6. The van der Waals surface area contributed by atoms with Crippen LogP contribution in [0.15, 0.2) is 36.8 Å². The van der Waals surface area contributed by atoms with Crippen molar-refractivity contribution < 1.29 is 9.90 Å². The summed E-state index contributed by atoms with van der Waals surface area (Å²) in [6, 6.07) is 7.44. The Labute approximate surface area is 143 Å². The zero-order chi connectivity index (χ0) is 17.8. The number of aromatic nitrogens is 5. The first kappa shape index (κ1) is 16.4. The van der Waals surface area contributed by atoms with Gasteiger partial charge in [0, 0.05) is 31.4 Å². The molecule has 2 aromatic heterocycles. The highest BCUT2D eigenvalue weighted by Crippen LogP contribution is 2.20. The third-order valence-electron chi connectivity index (χ3n) is 3.56. The molecule has 0 bridgehead atoms. The van der Waals surface area contributed by atoms with Gasteiger partial charge in [0.15, 0.2) is 11.6 Å². The minimum Gasteiger partial charge on any atom is -0.465 e. The lowest BCUT2D eigenvalue weighted by atomic mass is 10.0. The van der Waals surface area contributed by atoms with Crippen molar-refractivity contribution in [1.82, 2.24) is 30.0 Å². The van der Waals surface area contributed by atoms with Crippen LogP contribution in [0.4, 0.5) is 16.6 Å². The first-order valence-electron chi connectivity index (χ1n) is 7.53. The van der Waals surface area contributed by atoms with Crippen LogP contribution in [0.5, 0.6) is 0 Å². The van der Waals surface area contributed by atoms with E-state index in [-0.39, 0.29) is 6.54 Å². The van der Waals surface area contributed by atoms with E-state index < -0.39 is 6.09 Å². The Morgan fingerprint density at radius 1 is 1.28 bits per heavy atom. The van der Waals surface area contributed by atoms with Crippen LogP contribution in [0.25, 0.3) is 11.4 Å². The second kappa shape index (κ2) is 6.95. The fourth-order valence-corrected chi connectivity index (χ4v) is 2.30. The maximum atomic E-state index is 10.6. The molecule has 1 aromatic carbocycles. The molecule has 0 aliphatic heterocycles. The SMILES string of the molecule is Cc1cc(-c2ncnc(Nc3ccn(C)n3)n2)ccc1CNC(=O)O. The van der Waals surface area contributed by atoms with Gasteiger partial charge in [-0.25, -0.2) is 14.8 Å². The lowest BCUT2D eigenvalue weighted by molar-refractivity contribution is 0.194. The van der Waals surface area contributed by atoms with Crippen LogP contribution in [-0.4, -0.2) is 35.9 Å². The third kappa shape index (κ3) is 4.08. The van der Waals surface area contributed by atoms with Crippen LogP contribution < -0.4 is 10.6 Å². The van der Waals surface area contributed by atoms with Crippen molar-refractivity contribution in [3.05, 3.63) is 47.9 Å². The van der Waals surface area contributed by atoms with Crippen molar-refractivity contribution in [3.63, 3.8) is 0 Å². The Bertz CT molecular complexity index is 907. The highest BCUT2D eigenvalue weighted by atomic mass is 16.4. The number of amides is 1. The normalized spacial score (nSPS) is 10.5. The average molecular weight is 339 g/mol. The van der Waals surface area contributed by atoms with E-state index in [0.717, 1.165) is 16.7 Å². The molecule has 0 atom stereocenters. The standard InChI is InChI=1S/C16H17N7O2/c1-10-7-11(3-4-12(10)8-17-16(24)25)14-18-9-19-15(21-14)20-13-5-6-23(2)22-13/h3-7,9,17H,8H2,1-2H3,(H,24,25)(H,18,19,20,21,22). The lowest BCUT2D eigenvalue weighted by Crippen LogP contribution is -2.20. The summed E-state index contributed by atoms with van der Waals surface area (Å²) in [6.45, 7) is 2.17. The number of benzene rings is 1. The molecule has 0 radical (unpaired) electrons. The largest absolute Gasteiger partial charge is 0.465 e. The smallest absolute Gasteiger partial charge is 0.404 e. The summed E-state index contributed by atoms with van der Waals surface area (Å²) < 4.78 is 1.68. The van der Waals surface area contributed by atoms with Crippen LogP contribution in [0.2, 0.25) is 0 Å². The van der Waals surface area contributed by atoms with E-state index in [1.807, 2.05) is 44.4 Å². The molecule has 1 amide bonds. The molecule has 0 aliphatic carbocycles. The Kier molecular flexibility index (Phi) is 4.55. The van der Waals surface area contributed by atoms with E-state index in [1.54, 1.807) is 4.68 Å². The van der Waals surface area contributed by atoms with Gasteiger partial charge in [-0.3, -0.25) is 4.68 Å². The minimum absolute atomic E-state index is 0.255. The van der Waals surface area contributed by atoms with Gasteiger partial charge in [-0.1, -0.05) is 12.1 Å². The van der Waals surface area contributed by atoms with Gasteiger partial charge < -0.3 is 15.7 Å². The summed E-state index contributed by atoms with van der Waals surface area (Å²) >= 11 is 0. The summed E-state index contributed by atoms with van der Waals surface area (Å²) in [6.07, 6.45) is 2.20. The number of rotatable bonds is 5. The van der Waals surface area contributed by atoms with E-state index in [9.17, 15) is 4.79 Å². The molecule has 9 heteroatoms. The molecule has 3 rings (SSSR count). The van der Waals surface area contributed by atoms with Crippen molar-refractivity contribution in [2.45, 2.75) is 13.5 Å². The second-order valence-corrected chi connectivity index (χ2v) is 5.43. The Morgan fingerprint density at radius 2 is 2.12 bits per heavy atom. The van der Waals surface area contributed by atoms with E-state index in [2.05, 4.69) is 30.7 Å². The van der Waals surface area contributed by atoms with E-state index in [4.69, 9.17) is 5.11 Å². The van der Waals surface area contributed by atoms with Gasteiger partial charge in [0.1, 0.15) is 6.33 Å². The molecule has 0 aliphatic rings. The average Bonchev–Trinajstić information content (AvgIpc) is 2.98. The number of nitrogens with zero attached hydrogens (tertiary/aromatic N) is 5. The number of anilines is 2. The van der Waals surface area contributed by atoms with Crippen molar-refractivity contribution in [2.24, 2.45) is 7.05 Å². The molecule has 3 aromatic rings. The maximum absolute atomic E-state index is 10.6. The van der Waals surface area contributed by atoms with Crippen molar-refractivity contribution >= 4 is 17.9 Å². The van der Waals surface area contributed by atoms with Crippen LogP contribution in [-0.2, 0) is 13.6 Å². The van der Waals surface area contributed by atoms with Gasteiger partial charge in [0.25, 0.3) is 0 Å². The molecular formula is C16H17N7O2. The number of nitrogens with one attached hydrogen (secondary N) is 2. The summed E-state index contributed by atoms with van der Waals surface area (Å²) in [5.41, 5.74) is 2.67. The third-order valence-corrected chi connectivity index (χ3v) is 3.56. The zero-order valence-electron chi connectivity index (χ0n) is 13.8. The molecule has 128 valence electrons. The predicted molar refractivity (Wildman–Crippen MR) is 91.4 cm³/mol. The second-order valence-electron chi connectivity index (χ2n) is 5.43. The quantitative estimate of drug-likeness (QED) is 0.651. The molecule has 0 saturated carbocycles. The number of aryl methyl sites for hydroxylation is 2. The molecule has 0 saturated heterocycles. The van der Waals surface area contributed by atoms with Gasteiger partial charge in [-0.15, -0.1) is 0 Å². The Morgan fingerprint density at radius 3 is 2.80 bits per heavy atom. The van der Waals surface area contributed by atoms with Gasteiger partial charge in [0.05, 0.1) is 0 Å². The molecule has 3 N–H and O–H groups in total. The first-order chi connectivity index (χ1) is 12.0. The van der Waals surface area contributed by atoms with Crippen LogP contribution >= 0.6 is 0 Å². The number of carboxylic acid groups (broad SMARTS) is 1. The number of carbonyl (C=O) groups is 1. The minimum atomic E-state index is -1.05. The van der Waals surface area contributed by atoms with Crippen molar-refractivity contribution in [1.29, 1.82) is 0 Å². The van der Waals surface area contributed by atoms with Crippen molar-refractivity contribution in [2.75, 3.05) is 5.32 Å². The summed E-state index contributed by atoms with van der Waals surface area (Å²) in [5.74, 6) is 1.57. The molecular weight excluding hydrogens is 322 g/mol. The van der Waals surface area contributed by atoms with Gasteiger partial charge >= 0.3 is 6.09 Å². The van der Waals surface area contributed by atoms with Crippen molar-refractivity contribution in [3.8, 4) is 11.4 Å². The van der Waals surface area contributed by atoms with Gasteiger partial charge in [-0.2, -0.15) is 10.1 Å². The molecule has 0 unspecified atom stereocenters. The predicted octanol–water partition coefficient (Wildman–Crippen LogP) is 2.09. The monoisotopic (exact) mass is 339 g/mol. The zero-order valence-corrected chi connectivity index (χ0v) is 13.8. The molecule has 2 heterocycles. The van der Waals surface area contributed by atoms with Crippen LogP contribution in [0, 0.1) is 6.92 Å². The molecule has 0 fully saturated rings. The fraction of sp³-hybridized carbons (Fsp3) is 0.188. The van der Waals surface area contributed by atoms with Crippen LogP contribution in [0.3, 0.4) is 0 Å². The van der Waals surface area contributed by atoms with E-state index in [1.165, 1.54) is 6.33 Å². The molecule has 25 heavy (non-hydrogen) atoms. The lowest BCUT2D eigenvalue weighted by Gasteiger charge is -2.08. The maximum Gasteiger partial charge on any atom is 0.404 e. The highest BCUT2D eigenvalue weighted by Gasteiger charge is 2.08. The van der Waals surface area contributed by atoms with Crippen LogP contribution in [0.1, 0.15) is 11.1 Å².